The molecule has 184 valence electrons. The van der Waals surface area contributed by atoms with Gasteiger partial charge >= 0.3 is 0 Å². The Morgan fingerprint density at radius 3 is 2.31 bits per heavy atom. The van der Waals surface area contributed by atoms with Crippen molar-refractivity contribution in [2.75, 3.05) is 32.2 Å². The summed E-state index contributed by atoms with van der Waals surface area (Å²) in [5, 5.41) is 2.92. The first kappa shape index (κ1) is 24.2. The molecular weight excluding hydrogens is 472 g/mol. The molecule has 0 radical (unpaired) electrons. The predicted octanol–water partition coefficient (Wildman–Crippen LogP) is 3.77. The molecule has 1 aliphatic rings. The van der Waals surface area contributed by atoms with Crippen molar-refractivity contribution in [1.82, 2.24) is 5.32 Å². The SMILES string of the molecule is COc1ccc(C(C)NC(=O)c2ccc(NS(=O)(=O)c3ccc4c(c3)OCCO4)cc2)c(OC)c1. The third kappa shape index (κ3) is 5.43. The number of amides is 1. The van der Waals surface area contributed by atoms with Crippen LogP contribution in [0.1, 0.15) is 28.9 Å². The molecule has 9 nitrogen and oxygen atoms in total. The van der Waals surface area contributed by atoms with E-state index in [0.717, 1.165) is 5.56 Å². The zero-order chi connectivity index (χ0) is 25.0. The summed E-state index contributed by atoms with van der Waals surface area (Å²) in [6, 6.07) is 15.6. The maximum Gasteiger partial charge on any atom is 0.262 e. The van der Waals surface area contributed by atoms with Crippen LogP contribution in [0.2, 0.25) is 0 Å². The van der Waals surface area contributed by atoms with E-state index in [1.807, 2.05) is 13.0 Å². The van der Waals surface area contributed by atoms with Crippen molar-refractivity contribution in [2.45, 2.75) is 17.9 Å². The van der Waals surface area contributed by atoms with E-state index in [0.29, 0.717) is 47.5 Å². The number of ether oxygens (including phenoxy) is 4. The van der Waals surface area contributed by atoms with Gasteiger partial charge in [-0.05, 0) is 55.5 Å². The highest BCUT2D eigenvalue weighted by Crippen LogP contribution is 2.33. The molecule has 1 atom stereocenters. The first-order valence-electron chi connectivity index (χ1n) is 10.9. The van der Waals surface area contributed by atoms with Crippen LogP contribution in [0.3, 0.4) is 0 Å². The summed E-state index contributed by atoms with van der Waals surface area (Å²) in [4.78, 5) is 12.8. The number of carbonyl (C=O) groups excluding carboxylic acids is 1. The third-order valence-electron chi connectivity index (χ3n) is 5.48. The Morgan fingerprint density at radius 1 is 0.914 bits per heavy atom. The standard InChI is InChI=1S/C25H26N2O7S/c1-16(21-10-8-19(31-2)14-23(21)32-3)26-25(28)17-4-6-18(7-5-17)27-35(29,30)20-9-11-22-24(15-20)34-13-12-33-22/h4-11,14-16,27H,12-13H2,1-3H3,(H,26,28). The highest BCUT2D eigenvalue weighted by molar-refractivity contribution is 7.92. The summed E-state index contributed by atoms with van der Waals surface area (Å²) < 4.78 is 49.7. The summed E-state index contributed by atoms with van der Waals surface area (Å²) >= 11 is 0. The average Bonchev–Trinajstić information content (AvgIpc) is 2.88. The second-order valence-electron chi connectivity index (χ2n) is 7.79. The fourth-order valence-corrected chi connectivity index (χ4v) is 4.70. The van der Waals surface area contributed by atoms with Crippen molar-refractivity contribution in [1.29, 1.82) is 0 Å². The molecule has 0 aliphatic carbocycles. The summed E-state index contributed by atoms with van der Waals surface area (Å²) in [6.07, 6.45) is 0. The third-order valence-corrected chi connectivity index (χ3v) is 6.86. The van der Waals surface area contributed by atoms with Crippen molar-refractivity contribution in [3.05, 3.63) is 71.8 Å². The molecule has 0 saturated carbocycles. The molecule has 0 spiro atoms. The number of benzene rings is 3. The van der Waals surface area contributed by atoms with E-state index in [1.54, 1.807) is 44.6 Å². The van der Waals surface area contributed by atoms with Gasteiger partial charge in [-0.1, -0.05) is 0 Å². The number of rotatable bonds is 8. The van der Waals surface area contributed by atoms with Gasteiger partial charge in [0.25, 0.3) is 15.9 Å². The van der Waals surface area contributed by atoms with Gasteiger partial charge in [0.2, 0.25) is 0 Å². The average molecular weight is 499 g/mol. The smallest absolute Gasteiger partial charge is 0.262 e. The number of nitrogens with one attached hydrogen (secondary N) is 2. The van der Waals surface area contributed by atoms with Crippen LogP contribution in [0, 0.1) is 0 Å². The van der Waals surface area contributed by atoms with Crippen LogP contribution >= 0.6 is 0 Å². The van der Waals surface area contributed by atoms with E-state index < -0.39 is 10.0 Å². The first-order valence-corrected chi connectivity index (χ1v) is 12.3. The van der Waals surface area contributed by atoms with Gasteiger partial charge in [0, 0.05) is 28.9 Å². The lowest BCUT2D eigenvalue weighted by atomic mass is 10.1. The fourth-order valence-electron chi connectivity index (χ4n) is 3.63. The minimum Gasteiger partial charge on any atom is -0.497 e. The second kappa shape index (κ2) is 10.1. The number of sulfonamides is 1. The normalized spacial score (nSPS) is 13.5. The van der Waals surface area contributed by atoms with Gasteiger partial charge < -0.3 is 24.3 Å². The van der Waals surface area contributed by atoms with Crippen molar-refractivity contribution < 1.29 is 32.2 Å². The molecule has 1 unspecified atom stereocenters. The molecule has 1 amide bonds. The molecule has 1 aliphatic heterocycles. The Hall–Kier alpha value is -3.92. The van der Waals surface area contributed by atoms with Crippen LogP contribution in [0.25, 0.3) is 0 Å². The minimum atomic E-state index is -3.86. The van der Waals surface area contributed by atoms with Crippen LogP contribution in [0.4, 0.5) is 5.69 Å². The predicted molar refractivity (Wildman–Crippen MR) is 130 cm³/mol. The summed E-state index contributed by atoms with van der Waals surface area (Å²) in [5.41, 5.74) is 1.50. The van der Waals surface area contributed by atoms with Gasteiger partial charge in [0.1, 0.15) is 24.7 Å². The van der Waals surface area contributed by atoms with Crippen LogP contribution < -0.4 is 29.0 Å². The number of fused-ring (bicyclic) bond motifs is 1. The van der Waals surface area contributed by atoms with Crippen LogP contribution in [0.5, 0.6) is 23.0 Å². The molecule has 1 heterocycles. The topological polar surface area (TPSA) is 112 Å². The molecule has 0 bridgehead atoms. The van der Waals surface area contributed by atoms with Gasteiger partial charge in [-0.2, -0.15) is 0 Å². The Morgan fingerprint density at radius 2 is 1.63 bits per heavy atom. The Balaban J connectivity index is 1.43. The maximum absolute atomic E-state index is 12.8. The largest absolute Gasteiger partial charge is 0.497 e. The molecule has 2 N–H and O–H groups in total. The van der Waals surface area contributed by atoms with E-state index in [2.05, 4.69) is 10.0 Å². The van der Waals surface area contributed by atoms with Crippen LogP contribution in [0.15, 0.2) is 65.6 Å². The lowest BCUT2D eigenvalue weighted by molar-refractivity contribution is 0.0939. The van der Waals surface area contributed by atoms with Crippen LogP contribution in [-0.2, 0) is 10.0 Å². The van der Waals surface area contributed by atoms with Gasteiger partial charge in [-0.25, -0.2) is 8.42 Å². The monoisotopic (exact) mass is 498 g/mol. The van der Waals surface area contributed by atoms with E-state index >= 15 is 0 Å². The number of hydrogen-bond acceptors (Lipinski definition) is 7. The Bertz CT molecular complexity index is 1320. The zero-order valence-electron chi connectivity index (χ0n) is 19.5. The number of carbonyl (C=O) groups is 1. The van der Waals surface area contributed by atoms with Gasteiger partial charge in [-0.3, -0.25) is 9.52 Å². The molecular formula is C25H26N2O7S. The second-order valence-corrected chi connectivity index (χ2v) is 9.47. The zero-order valence-corrected chi connectivity index (χ0v) is 20.3. The molecule has 0 saturated heterocycles. The number of hydrogen-bond donors (Lipinski definition) is 2. The molecule has 3 aromatic rings. The van der Waals surface area contributed by atoms with Crippen molar-refractivity contribution in [3.63, 3.8) is 0 Å². The maximum atomic E-state index is 12.8. The Kier molecular flexibility index (Phi) is 7.02. The van der Waals surface area contributed by atoms with Gasteiger partial charge in [-0.15, -0.1) is 0 Å². The molecule has 0 fully saturated rings. The van der Waals surface area contributed by atoms with E-state index in [4.69, 9.17) is 18.9 Å². The molecule has 35 heavy (non-hydrogen) atoms. The lowest BCUT2D eigenvalue weighted by Crippen LogP contribution is -2.27. The van der Waals surface area contributed by atoms with E-state index in [9.17, 15) is 13.2 Å². The first-order chi connectivity index (χ1) is 16.8. The molecule has 4 rings (SSSR count). The van der Waals surface area contributed by atoms with E-state index in [-0.39, 0.29) is 16.8 Å². The van der Waals surface area contributed by atoms with Crippen LogP contribution in [-0.4, -0.2) is 41.8 Å². The minimum absolute atomic E-state index is 0.0471. The molecule has 0 aromatic heterocycles. The summed E-state index contributed by atoms with van der Waals surface area (Å²) in [7, 11) is -0.736. The van der Waals surface area contributed by atoms with Crippen molar-refractivity contribution in [2.24, 2.45) is 0 Å². The Labute approximate surface area is 204 Å². The molecule has 3 aromatic carbocycles. The highest BCUT2D eigenvalue weighted by Gasteiger charge is 2.20. The van der Waals surface area contributed by atoms with Gasteiger partial charge in [0.05, 0.1) is 25.2 Å². The van der Waals surface area contributed by atoms with E-state index in [1.165, 1.54) is 24.3 Å². The quantitative estimate of drug-likeness (QED) is 0.486. The molecule has 10 heteroatoms. The van der Waals surface area contributed by atoms with Crippen molar-refractivity contribution in [3.8, 4) is 23.0 Å². The highest BCUT2D eigenvalue weighted by atomic mass is 32.2. The summed E-state index contributed by atoms with van der Waals surface area (Å²) in [5.74, 6) is 1.83. The van der Waals surface area contributed by atoms with Gasteiger partial charge in [0.15, 0.2) is 11.5 Å². The number of anilines is 1. The van der Waals surface area contributed by atoms with Crippen molar-refractivity contribution >= 4 is 21.6 Å². The lowest BCUT2D eigenvalue weighted by Gasteiger charge is -2.19. The fraction of sp³-hybridized carbons (Fsp3) is 0.240. The summed E-state index contributed by atoms with van der Waals surface area (Å²) in [6.45, 7) is 2.62. The number of methoxy groups -OCH3 is 2.